The van der Waals surface area contributed by atoms with Gasteiger partial charge >= 0.3 is 0 Å². The highest BCUT2D eigenvalue weighted by molar-refractivity contribution is 7.15. The molecular formula is C9H8N2OS. The van der Waals surface area contributed by atoms with E-state index in [1.807, 2.05) is 19.1 Å². The van der Waals surface area contributed by atoms with E-state index in [2.05, 4.69) is 9.97 Å². The molecule has 0 aliphatic rings. The average Bonchev–Trinajstić information content (AvgIpc) is 2.53. The molecule has 0 radical (unpaired) electrons. The van der Waals surface area contributed by atoms with Gasteiger partial charge < -0.3 is 4.98 Å². The number of nitrogens with zero attached hydrogens (tertiary/aromatic N) is 1. The number of nitrogens with one attached hydrogen (secondary N) is 1. The van der Waals surface area contributed by atoms with Crippen molar-refractivity contribution in [3.63, 3.8) is 0 Å². The van der Waals surface area contributed by atoms with Crippen LogP contribution in [-0.4, -0.2) is 9.97 Å². The third kappa shape index (κ3) is 1.53. The quantitative estimate of drug-likeness (QED) is 0.749. The number of thiophene rings is 1. The predicted molar refractivity (Wildman–Crippen MR) is 52.9 cm³/mol. The van der Waals surface area contributed by atoms with Gasteiger partial charge in [0.25, 0.3) is 5.56 Å². The first-order valence-electron chi connectivity index (χ1n) is 3.87. The molecule has 13 heavy (non-hydrogen) atoms. The van der Waals surface area contributed by atoms with Gasteiger partial charge in [-0.3, -0.25) is 4.79 Å². The zero-order chi connectivity index (χ0) is 9.26. The Morgan fingerprint density at radius 3 is 2.92 bits per heavy atom. The summed E-state index contributed by atoms with van der Waals surface area (Å²) in [7, 11) is 0. The lowest BCUT2D eigenvalue weighted by molar-refractivity contribution is 1.12. The number of aromatic amines is 1. The van der Waals surface area contributed by atoms with E-state index in [1.54, 1.807) is 17.5 Å². The summed E-state index contributed by atoms with van der Waals surface area (Å²) in [6, 6.07) is 3.93. The molecule has 0 saturated carbocycles. The fraction of sp³-hybridized carbons (Fsp3) is 0.111. The minimum Gasteiger partial charge on any atom is -0.313 e. The van der Waals surface area contributed by atoms with Gasteiger partial charge in [0.1, 0.15) is 0 Å². The molecule has 2 heterocycles. The van der Waals surface area contributed by atoms with Gasteiger partial charge in [0.05, 0.1) is 11.9 Å². The second-order valence-corrected chi connectivity index (χ2v) is 3.99. The highest BCUT2D eigenvalue weighted by Gasteiger charge is 2.04. The summed E-state index contributed by atoms with van der Waals surface area (Å²) in [5.74, 6) is 0. The molecule has 2 aromatic rings. The zero-order valence-corrected chi connectivity index (χ0v) is 7.89. The molecule has 1 N–H and O–H groups in total. The third-order valence-corrected chi connectivity index (χ3v) is 2.76. The second-order valence-electron chi connectivity index (χ2n) is 2.70. The van der Waals surface area contributed by atoms with Gasteiger partial charge in [0, 0.05) is 16.0 Å². The largest absolute Gasteiger partial charge is 0.313 e. The molecule has 3 nitrogen and oxygen atoms in total. The minimum atomic E-state index is -0.0862. The van der Waals surface area contributed by atoms with E-state index in [0.717, 1.165) is 4.88 Å². The van der Waals surface area contributed by atoms with Crippen molar-refractivity contribution in [1.29, 1.82) is 0 Å². The maximum atomic E-state index is 11.3. The molecule has 66 valence electrons. The van der Waals surface area contributed by atoms with Gasteiger partial charge in [-0.25, -0.2) is 4.98 Å². The van der Waals surface area contributed by atoms with Gasteiger partial charge in [0.15, 0.2) is 0 Å². The standard InChI is InChI=1S/C9H8N2OS/c1-6-2-3-8(13-6)7-4-10-5-11-9(7)12/h2-5H,1H3,(H,10,11,12). The Labute approximate surface area is 79.1 Å². The minimum absolute atomic E-state index is 0.0862. The van der Waals surface area contributed by atoms with Crippen LogP contribution in [0.15, 0.2) is 29.5 Å². The topological polar surface area (TPSA) is 45.8 Å². The van der Waals surface area contributed by atoms with Crippen LogP contribution in [0.2, 0.25) is 0 Å². The van der Waals surface area contributed by atoms with Gasteiger partial charge in [-0.1, -0.05) is 0 Å². The second kappa shape index (κ2) is 3.14. The Kier molecular flexibility index (Phi) is 1.98. The Hall–Kier alpha value is -1.42. The molecule has 0 fully saturated rings. The number of aromatic nitrogens is 2. The summed E-state index contributed by atoms with van der Waals surface area (Å²) in [5.41, 5.74) is 0.553. The van der Waals surface area contributed by atoms with Crippen molar-refractivity contribution in [2.75, 3.05) is 0 Å². The van der Waals surface area contributed by atoms with Crippen LogP contribution in [0.3, 0.4) is 0 Å². The van der Waals surface area contributed by atoms with E-state index < -0.39 is 0 Å². The van der Waals surface area contributed by atoms with Crippen LogP contribution in [0.25, 0.3) is 10.4 Å². The van der Waals surface area contributed by atoms with Gasteiger partial charge in [-0.2, -0.15) is 0 Å². The maximum absolute atomic E-state index is 11.3. The molecule has 2 aromatic heterocycles. The molecule has 0 aliphatic heterocycles. The summed E-state index contributed by atoms with van der Waals surface area (Å²) < 4.78 is 0. The smallest absolute Gasteiger partial charge is 0.259 e. The normalized spacial score (nSPS) is 10.2. The zero-order valence-electron chi connectivity index (χ0n) is 7.07. The average molecular weight is 192 g/mol. The molecule has 0 aliphatic carbocycles. The van der Waals surface area contributed by atoms with Crippen LogP contribution < -0.4 is 5.56 Å². The van der Waals surface area contributed by atoms with E-state index in [4.69, 9.17) is 0 Å². The van der Waals surface area contributed by atoms with Crippen LogP contribution in [-0.2, 0) is 0 Å². The summed E-state index contributed by atoms with van der Waals surface area (Å²) in [5, 5.41) is 0. The predicted octanol–water partition coefficient (Wildman–Crippen LogP) is 1.81. The first-order valence-corrected chi connectivity index (χ1v) is 4.68. The molecular weight excluding hydrogens is 184 g/mol. The van der Waals surface area contributed by atoms with E-state index in [-0.39, 0.29) is 5.56 Å². The van der Waals surface area contributed by atoms with E-state index in [1.165, 1.54) is 11.2 Å². The summed E-state index contributed by atoms with van der Waals surface area (Å²) in [6.45, 7) is 2.01. The number of aryl methyl sites for hydroxylation is 1. The molecule has 0 bridgehead atoms. The molecule has 0 aromatic carbocycles. The molecule has 2 rings (SSSR count). The maximum Gasteiger partial charge on any atom is 0.259 e. The van der Waals surface area contributed by atoms with Crippen LogP contribution in [0.1, 0.15) is 4.88 Å². The fourth-order valence-electron chi connectivity index (χ4n) is 1.10. The summed E-state index contributed by atoms with van der Waals surface area (Å²) in [4.78, 5) is 19.9. The first kappa shape index (κ1) is 8.19. The van der Waals surface area contributed by atoms with Gasteiger partial charge in [-0.15, -0.1) is 11.3 Å². The van der Waals surface area contributed by atoms with Crippen molar-refractivity contribution in [2.24, 2.45) is 0 Å². The Balaban J connectivity index is 2.59. The van der Waals surface area contributed by atoms with Crippen LogP contribution in [0.5, 0.6) is 0 Å². The van der Waals surface area contributed by atoms with Crippen LogP contribution in [0.4, 0.5) is 0 Å². The highest BCUT2D eigenvalue weighted by Crippen LogP contribution is 2.23. The van der Waals surface area contributed by atoms with E-state index in [9.17, 15) is 4.79 Å². The van der Waals surface area contributed by atoms with E-state index >= 15 is 0 Å². The SMILES string of the molecule is Cc1ccc(-c2cnc[nH]c2=O)s1. The van der Waals surface area contributed by atoms with Gasteiger partial charge in [-0.05, 0) is 19.1 Å². The van der Waals surface area contributed by atoms with Gasteiger partial charge in [0.2, 0.25) is 0 Å². The van der Waals surface area contributed by atoms with Crippen molar-refractivity contribution >= 4 is 11.3 Å². The fourth-order valence-corrected chi connectivity index (χ4v) is 1.97. The number of rotatable bonds is 1. The number of hydrogen-bond donors (Lipinski definition) is 1. The van der Waals surface area contributed by atoms with E-state index in [0.29, 0.717) is 5.56 Å². The Bertz CT molecular complexity index is 472. The molecule has 0 saturated heterocycles. The van der Waals surface area contributed by atoms with Crippen molar-refractivity contribution in [1.82, 2.24) is 9.97 Å². The lowest BCUT2D eigenvalue weighted by atomic mass is 10.3. The Morgan fingerprint density at radius 2 is 2.31 bits per heavy atom. The monoisotopic (exact) mass is 192 g/mol. The highest BCUT2D eigenvalue weighted by atomic mass is 32.1. The van der Waals surface area contributed by atoms with Crippen molar-refractivity contribution < 1.29 is 0 Å². The first-order chi connectivity index (χ1) is 6.27. The Morgan fingerprint density at radius 1 is 1.46 bits per heavy atom. The lowest BCUT2D eigenvalue weighted by Crippen LogP contribution is -2.07. The number of hydrogen-bond acceptors (Lipinski definition) is 3. The molecule has 0 amide bonds. The molecule has 4 heteroatoms. The summed E-state index contributed by atoms with van der Waals surface area (Å²) in [6.07, 6.45) is 2.98. The molecule has 0 spiro atoms. The summed E-state index contributed by atoms with van der Waals surface area (Å²) >= 11 is 1.59. The van der Waals surface area contributed by atoms with Crippen molar-refractivity contribution in [3.8, 4) is 10.4 Å². The van der Waals surface area contributed by atoms with Crippen molar-refractivity contribution in [2.45, 2.75) is 6.92 Å². The molecule has 0 unspecified atom stereocenters. The lowest BCUT2D eigenvalue weighted by Gasteiger charge is -1.92. The third-order valence-electron chi connectivity index (χ3n) is 1.72. The molecule has 0 atom stereocenters. The van der Waals surface area contributed by atoms with Crippen molar-refractivity contribution in [3.05, 3.63) is 39.9 Å². The van der Waals surface area contributed by atoms with Crippen LogP contribution in [0, 0.1) is 6.92 Å². The van der Waals surface area contributed by atoms with Crippen LogP contribution >= 0.6 is 11.3 Å². The number of H-pyrrole nitrogens is 1.